The van der Waals surface area contributed by atoms with Gasteiger partial charge in [0.05, 0.1) is 6.54 Å². The third kappa shape index (κ3) is 3.05. The average Bonchev–Trinajstić information content (AvgIpc) is 3.13. The fourth-order valence-electron chi connectivity index (χ4n) is 3.54. The molecule has 2 atom stereocenters. The minimum Gasteiger partial charge on any atom is -0.355 e. The fraction of sp³-hybridized carbons (Fsp3) is 0.933. The molecule has 3 aliphatic rings. The highest BCUT2D eigenvalue weighted by molar-refractivity contribution is 5.78. The van der Waals surface area contributed by atoms with Gasteiger partial charge in [-0.05, 0) is 37.5 Å². The molecule has 3 fully saturated rings. The first-order chi connectivity index (χ1) is 8.83. The van der Waals surface area contributed by atoms with Gasteiger partial charge in [0.1, 0.15) is 0 Å². The SMILES string of the molecule is O=C(CN1CC2CCCCCCC21)NCC1CC1. The highest BCUT2D eigenvalue weighted by atomic mass is 16.2. The maximum atomic E-state index is 11.9. The van der Waals surface area contributed by atoms with Gasteiger partial charge >= 0.3 is 0 Å². The summed E-state index contributed by atoms with van der Waals surface area (Å²) in [6, 6.07) is 0.719. The first-order valence-electron chi connectivity index (χ1n) is 7.83. The van der Waals surface area contributed by atoms with E-state index in [1.54, 1.807) is 0 Å². The molecular weight excluding hydrogens is 224 g/mol. The maximum absolute atomic E-state index is 11.9. The minimum absolute atomic E-state index is 0.252. The van der Waals surface area contributed by atoms with Gasteiger partial charge in [0.15, 0.2) is 0 Å². The molecule has 0 aromatic heterocycles. The van der Waals surface area contributed by atoms with E-state index in [2.05, 4.69) is 10.2 Å². The summed E-state index contributed by atoms with van der Waals surface area (Å²) in [6.45, 7) is 2.73. The van der Waals surface area contributed by atoms with Gasteiger partial charge in [-0.25, -0.2) is 0 Å². The van der Waals surface area contributed by atoms with Crippen molar-refractivity contribution >= 4 is 5.91 Å². The number of hydrogen-bond donors (Lipinski definition) is 1. The molecule has 0 bridgehead atoms. The lowest BCUT2D eigenvalue weighted by Gasteiger charge is -2.49. The molecule has 1 amide bonds. The Labute approximate surface area is 110 Å². The normalized spacial score (nSPS) is 32.9. The lowest BCUT2D eigenvalue weighted by atomic mass is 9.79. The predicted octanol–water partition coefficient (Wildman–Crippen LogP) is 2.17. The van der Waals surface area contributed by atoms with E-state index in [1.165, 1.54) is 57.9 Å². The average molecular weight is 250 g/mol. The summed E-state index contributed by atoms with van der Waals surface area (Å²) in [4.78, 5) is 14.3. The van der Waals surface area contributed by atoms with Crippen LogP contribution >= 0.6 is 0 Å². The number of rotatable bonds is 4. The Morgan fingerprint density at radius 2 is 1.83 bits per heavy atom. The van der Waals surface area contributed by atoms with Crippen LogP contribution < -0.4 is 5.32 Å². The molecule has 3 heteroatoms. The topological polar surface area (TPSA) is 32.3 Å². The van der Waals surface area contributed by atoms with Crippen molar-refractivity contribution in [2.24, 2.45) is 11.8 Å². The molecule has 0 radical (unpaired) electrons. The quantitative estimate of drug-likeness (QED) is 0.829. The predicted molar refractivity (Wildman–Crippen MR) is 72.3 cm³/mol. The van der Waals surface area contributed by atoms with Gasteiger partial charge in [-0.15, -0.1) is 0 Å². The van der Waals surface area contributed by atoms with Crippen LogP contribution in [0.25, 0.3) is 0 Å². The molecule has 0 aromatic rings. The zero-order valence-corrected chi connectivity index (χ0v) is 11.4. The van der Waals surface area contributed by atoms with Gasteiger partial charge in [0.2, 0.25) is 5.91 Å². The van der Waals surface area contributed by atoms with Crippen LogP contribution in [0.2, 0.25) is 0 Å². The van der Waals surface area contributed by atoms with Gasteiger partial charge < -0.3 is 5.32 Å². The molecule has 1 saturated heterocycles. The minimum atomic E-state index is 0.252. The zero-order valence-electron chi connectivity index (χ0n) is 11.4. The molecule has 18 heavy (non-hydrogen) atoms. The van der Waals surface area contributed by atoms with Crippen LogP contribution in [0.15, 0.2) is 0 Å². The number of hydrogen-bond acceptors (Lipinski definition) is 2. The van der Waals surface area contributed by atoms with Crippen molar-refractivity contribution in [2.45, 2.75) is 57.4 Å². The highest BCUT2D eigenvalue weighted by Crippen LogP contribution is 2.34. The van der Waals surface area contributed by atoms with E-state index in [0.29, 0.717) is 6.54 Å². The molecular formula is C15H26N2O. The van der Waals surface area contributed by atoms with Crippen molar-refractivity contribution in [1.82, 2.24) is 10.2 Å². The molecule has 1 N–H and O–H groups in total. The van der Waals surface area contributed by atoms with E-state index >= 15 is 0 Å². The number of carbonyl (C=O) groups excluding carboxylic acids is 1. The number of nitrogens with zero attached hydrogens (tertiary/aromatic N) is 1. The molecule has 2 aliphatic carbocycles. The lowest BCUT2D eigenvalue weighted by molar-refractivity contribution is -0.126. The summed E-state index contributed by atoms with van der Waals surface area (Å²) in [7, 11) is 0. The number of amides is 1. The zero-order chi connectivity index (χ0) is 12.4. The number of nitrogens with one attached hydrogen (secondary N) is 1. The maximum Gasteiger partial charge on any atom is 0.234 e. The third-order valence-electron chi connectivity index (χ3n) is 4.94. The van der Waals surface area contributed by atoms with Gasteiger partial charge in [-0.3, -0.25) is 9.69 Å². The molecule has 0 spiro atoms. The molecule has 0 aromatic carbocycles. The van der Waals surface area contributed by atoms with Crippen molar-refractivity contribution in [1.29, 1.82) is 0 Å². The molecule has 3 nitrogen and oxygen atoms in total. The molecule has 2 unspecified atom stereocenters. The van der Waals surface area contributed by atoms with E-state index in [-0.39, 0.29) is 5.91 Å². The summed E-state index contributed by atoms with van der Waals surface area (Å²) in [5, 5.41) is 3.09. The van der Waals surface area contributed by atoms with Crippen molar-refractivity contribution in [3.63, 3.8) is 0 Å². The van der Waals surface area contributed by atoms with Crippen molar-refractivity contribution in [2.75, 3.05) is 19.6 Å². The van der Waals surface area contributed by atoms with Gasteiger partial charge in [-0.1, -0.05) is 25.7 Å². The fourth-order valence-corrected chi connectivity index (χ4v) is 3.54. The van der Waals surface area contributed by atoms with E-state index in [0.717, 1.165) is 24.4 Å². The van der Waals surface area contributed by atoms with Crippen LogP contribution in [0.1, 0.15) is 51.4 Å². The van der Waals surface area contributed by atoms with Crippen LogP contribution in [0, 0.1) is 11.8 Å². The Morgan fingerprint density at radius 1 is 1.06 bits per heavy atom. The Bertz CT molecular complexity index is 301. The first kappa shape index (κ1) is 12.5. The van der Waals surface area contributed by atoms with Crippen LogP contribution in [-0.2, 0) is 4.79 Å². The van der Waals surface area contributed by atoms with Crippen molar-refractivity contribution < 1.29 is 4.79 Å². The van der Waals surface area contributed by atoms with E-state index in [4.69, 9.17) is 0 Å². The van der Waals surface area contributed by atoms with Crippen LogP contribution in [0.5, 0.6) is 0 Å². The number of likely N-dealkylation sites (tertiary alicyclic amines) is 1. The van der Waals surface area contributed by atoms with Gasteiger partial charge in [-0.2, -0.15) is 0 Å². The smallest absolute Gasteiger partial charge is 0.234 e. The Hall–Kier alpha value is -0.570. The third-order valence-corrected chi connectivity index (χ3v) is 4.94. The van der Waals surface area contributed by atoms with E-state index in [9.17, 15) is 4.79 Å². The van der Waals surface area contributed by atoms with E-state index < -0.39 is 0 Å². The standard InChI is InChI=1S/C15H26N2O/c18-15(16-9-12-7-8-12)11-17-10-13-5-3-1-2-4-6-14(13)17/h12-14H,1-11H2,(H,16,18). The summed E-state index contributed by atoms with van der Waals surface area (Å²) in [6.07, 6.45) is 10.9. The Balaban J connectivity index is 1.41. The second-order valence-corrected chi connectivity index (χ2v) is 6.50. The molecule has 1 aliphatic heterocycles. The van der Waals surface area contributed by atoms with Gasteiger partial charge in [0, 0.05) is 19.1 Å². The van der Waals surface area contributed by atoms with Crippen LogP contribution in [-0.4, -0.2) is 36.5 Å². The summed E-state index contributed by atoms with van der Waals surface area (Å²) < 4.78 is 0. The molecule has 2 saturated carbocycles. The van der Waals surface area contributed by atoms with Gasteiger partial charge in [0.25, 0.3) is 0 Å². The molecule has 1 heterocycles. The molecule has 3 rings (SSSR count). The second kappa shape index (κ2) is 5.60. The van der Waals surface area contributed by atoms with E-state index in [1.807, 2.05) is 0 Å². The van der Waals surface area contributed by atoms with Crippen molar-refractivity contribution in [3.8, 4) is 0 Å². The monoisotopic (exact) mass is 250 g/mol. The summed E-state index contributed by atoms with van der Waals surface area (Å²) >= 11 is 0. The van der Waals surface area contributed by atoms with Crippen molar-refractivity contribution in [3.05, 3.63) is 0 Å². The Kier molecular flexibility index (Phi) is 3.88. The summed E-state index contributed by atoms with van der Waals surface area (Å²) in [5.41, 5.74) is 0. The Morgan fingerprint density at radius 3 is 2.61 bits per heavy atom. The van der Waals surface area contributed by atoms with Crippen LogP contribution in [0.3, 0.4) is 0 Å². The highest BCUT2D eigenvalue weighted by Gasteiger charge is 2.39. The number of carbonyl (C=O) groups is 1. The number of fused-ring (bicyclic) bond motifs is 1. The molecule has 102 valence electrons. The second-order valence-electron chi connectivity index (χ2n) is 6.50. The first-order valence-corrected chi connectivity index (χ1v) is 7.83. The summed E-state index contributed by atoms with van der Waals surface area (Å²) in [5.74, 6) is 1.93. The largest absolute Gasteiger partial charge is 0.355 e. The lowest BCUT2D eigenvalue weighted by Crippen LogP contribution is -2.58. The van der Waals surface area contributed by atoms with Crippen LogP contribution in [0.4, 0.5) is 0 Å².